The molecule has 1 atom stereocenters. The van der Waals surface area contributed by atoms with E-state index in [0.717, 1.165) is 16.7 Å². The summed E-state index contributed by atoms with van der Waals surface area (Å²) in [6.07, 6.45) is 2.91. The molecular weight excluding hydrogens is 517 g/mol. The SMILES string of the molecule is COc1cc2c(cc1OC(C)C)C(c1ccc(Cl)cc1)N([C@H]1CC[C@H](C(=O)c3cccc(F)c3)CC1)C(=O)C2. The van der Waals surface area contributed by atoms with Crippen molar-refractivity contribution in [3.05, 3.63) is 93.8 Å². The molecule has 0 aromatic heterocycles. The van der Waals surface area contributed by atoms with Gasteiger partial charge in [0, 0.05) is 22.5 Å². The monoisotopic (exact) mass is 549 g/mol. The molecule has 1 saturated carbocycles. The number of hydrogen-bond donors (Lipinski definition) is 0. The number of rotatable bonds is 7. The Labute approximate surface area is 233 Å². The van der Waals surface area contributed by atoms with Gasteiger partial charge in [0.05, 0.1) is 25.7 Å². The lowest BCUT2D eigenvalue weighted by Crippen LogP contribution is -2.48. The van der Waals surface area contributed by atoms with Gasteiger partial charge in [-0.05, 0) is 92.6 Å². The number of methoxy groups -OCH3 is 1. The number of benzene rings is 3. The highest BCUT2D eigenvalue weighted by molar-refractivity contribution is 6.30. The Morgan fingerprint density at radius 1 is 1.00 bits per heavy atom. The number of nitrogens with zero attached hydrogens (tertiary/aromatic N) is 1. The first-order chi connectivity index (χ1) is 18.7. The zero-order valence-corrected chi connectivity index (χ0v) is 23.2. The molecule has 7 heteroatoms. The number of hydrogen-bond acceptors (Lipinski definition) is 4. The number of carbonyl (C=O) groups excluding carboxylic acids is 2. The topological polar surface area (TPSA) is 55.8 Å². The summed E-state index contributed by atoms with van der Waals surface area (Å²) in [6, 6.07) is 17.1. The molecule has 1 amide bonds. The van der Waals surface area contributed by atoms with E-state index in [1.165, 1.54) is 12.1 Å². The number of halogens is 2. The zero-order valence-electron chi connectivity index (χ0n) is 22.5. The quantitative estimate of drug-likeness (QED) is 0.293. The summed E-state index contributed by atoms with van der Waals surface area (Å²) in [4.78, 5) is 28.8. The molecule has 5 nitrogen and oxygen atoms in total. The van der Waals surface area contributed by atoms with Crippen molar-refractivity contribution in [3.8, 4) is 11.5 Å². The first-order valence-corrected chi connectivity index (χ1v) is 13.9. The van der Waals surface area contributed by atoms with Crippen LogP contribution in [-0.2, 0) is 11.2 Å². The molecule has 1 fully saturated rings. The number of carbonyl (C=O) groups is 2. The van der Waals surface area contributed by atoms with E-state index in [1.807, 2.05) is 55.1 Å². The minimum Gasteiger partial charge on any atom is -0.493 e. The third-order valence-electron chi connectivity index (χ3n) is 7.75. The second-order valence-corrected chi connectivity index (χ2v) is 11.1. The van der Waals surface area contributed by atoms with E-state index in [9.17, 15) is 14.0 Å². The second-order valence-electron chi connectivity index (χ2n) is 10.7. The third kappa shape index (κ3) is 5.67. The standard InChI is InChI=1S/C32H33ClFNO4/c1-19(2)39-29-18-27-23(16-28(29)38-3)17-30(36)35(31(27)20-7-11-24(33)12-8-20)26-13-9-21(10-14-26)32(37)22-5-4-6-25(34)15-22/h4-8,11-12,15-16,18-19,21,26,31H,9-10,13-14,17H2,1-3H3/t21-,26-,31?. The van der Waals surface area contributed by atoms with Crippen LogP contribution in [0.1, 0.15) is 72.6 Å². The van der Waals surface area contributed by atoms with Crippen LogP contribution in [0.25, 0.3) is 0 Å². The van der Waals surface area contributed by atoms with Gasteiger partial charge < -0.3 is 14.4 Å². The largest absolute Gasteiger partial charge is 0.493 e. The predicted molar refractivity (Wildman–Crippen MR) is 149 cm³/mol. The average Bonchev–Trinajstić information content (AvgIpc) is 2.92. The molecule has 0 spiro atoms. The molecule has 1 aliphatic heterocycles. The van der Waals surface area contributed by atoms with Crippen molar-refractivity contribution in [3.63, 3.8) is 0 Å². The van der Waals surface area contributed by atoms with Crippen LogP contribution in [0.4, 0.5) is 4.39 Å². The van der Waals surface area contributed by atoms with Crippen molar-refractivity contribution in [1.82, 2.24) is 4.90 Å². The molecule has 0 radical (unpaired) electrons. The maximum Gasteiger partial charge on any atom is 0.228 e. The molecule has 1 unspecified atom stereocenters. The Morgan fingerprint density at radius 2 is 1.72 bits per heavy atom. The molecule has 2 aliphatic rings. The van der Waals surface area contributed by atoms with Crippen molar-refractivity contribution >= 4 is 23.3 Å². The fourth-order valence-electron chi connectivity index (χ4n) is 5.97. The fourth-order valence-corrected chi connectivity index (χ4v) is 6.10. The van der Waals surface area contributed by atoms with Gasteiger partial charge in [-0.2, -0.15) is 0 Å². The maximum absolute atomic E-state index is 13.8. The summed E-state index contributed by atoms with van der Waals surface area (Å²) in [5.74, 6) is 0.677. The lowest BCUT2D eigenvalue weighted by atomic mass is 9.78. The van der Waals surface area contributed by atoms with E-state index in [-0.39, 0.29) is 42.2 Å². The molecule has 39 heavy (non-hydrogen) atoms. The van der Waals surface area contributed by atoms with Crippen molar-refractivity contribution < 1.29 is 23.5 Å². The minimum absolute atomic E-state index is 0.0277. The molecule has 3 aromatic carbocycles. The number of fused-ring (bicyclic) bond motifs is 1. The smallest absolute Gasteiger partial charge is 0.228 e. The van der Waals surface area contributed by atoms with Gasteiger partial charge in [0.2, 0.25) is 5.91 Å². The van der Waals surface area contributed by atoms with Crippen LogP contribution in [-0.4, -0.2) is 35.8 Å². The highest BCUT2D eigenvalue weighted by Crippen LogP contribution is 2.45. The first-order valence-electron chi connectivity index (χ1n) is 13.5. The Bertz CT molecular complexity index is 1370. The summed E-state index contributed by atoms with van der Waals surface area (Å²) in [5.41, 5.74) is 3.30. The van der Waals surface area contributed by atoms with Crippen LogP contribution < -0.4 is 9.47 Å². The number of ketones is 1. The molecule has 204 valence electrons. The zero-order chi connectivity index (χ0) is 27.7. The molecule has 1 aliphatic carbocycles. The van der Waals surface area contributed by atoms with Gasteiger partial charge in [0.1, 0.15) is 5.82 Å². The normalized spacial score (nSPS) is 21.0. The highest BCUT2D eigenvalue weighted by Gasteiger charge is 2.41. The van der Waals surface area contributed by atoms with Crippen LogP contribution in [0.2, 0.25) is 5.02 Å². The summed E-state index contributed by atoms with van der Waals surface area (Å²) in [6.45, 7) is 3.93. The van der Waals surface area contributed by atoms with Crippen LogP contribution in [0.3, 0.4) is 0 Å². The van der Waals surface area contributed by atoms with Crippen molar-refractivity contribution in [2.75, 3.05) is 7.11 Å². The van der Waals surface area contributed by atoms with Gasteiger partial charge in [-0.3, -0.25) is 9.59 Å². The number of ether oxygens (including phenoxy) is 2. The lowest BCUT2D eigenvalue weighted by molar-refractivity contribution is -0.136. The van der Waals surface area contributed by atoms with Gasteiger partial charge in [-0.1, -0.05) is 35.9 Å². The van der Waals surface area contributed by atoms with E-state index < -0.39 is 5.82 Å². The van der Waals surface area contributed by atoms with Crippen LogP contribution in [0.5, 0.6) is 11.5 Å². The Balaban J connectivity index is 1.47. The maximum atomic E-state index is 13.8. The summed E-state index contributed by atoms with van der Waals surface area (Å²) < 4.78 is 25.4. The molecule has 0 N–H and O–H groups in total. The summed E-state index contributed by atoms with van der Waals surface area (Å²) >= 11 is 6.22. The Kier molecular flexibility index (Phi) is 7.94. The number of Topliss-reactive ketones (excluding diaryl/α,β-unsaturated/α-hetero) is 1. The van der Waals surface area contributed by atoms with E-state index in [1.54, 1.807) is 19.2 Å². The Morgan fingerprint density at radius 3 is 2.36 bits per heavy atom. The highest BCUT2D eigenvalue weighted by atomic mass is 35.5. The van der Waals surface area contributed by atoms with Crippen LogP contribution in [0.15, 0.2) is 60.7 Å². The fraction of sp³-hybridized carbons (Fsp3) is 0.375. The molecule has 5 rings (SSSR count). The Hall–Kier alpha value is -3.38. The molecular formula is C32H33ClFNO4. The van der Waals surface area contributed by atoms with E-state index >= 15 is 0 Å². The van der Waals surface area contributed by atoms with Gasteiger partial charge >= 0.3 is 0 Å². The number of amides is 1. The van der Waals surface area contributed by atoms with Crippen molar-refractivity contribution in [2.24, 2.45) is 5.92 Å². The van der Waals surface area contributed by atoms with Gasteiger partial charge in [0.15, 0.2) is 17.3 Å². The van der Waals surface area contributed by atoms with Gasteiger partial charge in [-0.15, -0.1) is 0 Å². The molecule has 0 bridgehead atoms. The van der Waals surface area contributed by atoms with Crippen LogP contribution >= 0.6 is 11.6 Å². The predicted octanol–water partition coefficient (Wildman–Crippen LogP) is 7.19. The first kappa shape index (κ1) is 27.2. The van der Waals surface area contributed by atoms with E-state index in [2.05, 4.69) is 0 Å². The van der Waals surface area contributed by atoms with Gasteiger partial charge in [-0.25, -0.2) is 4.39 Å². The van der Waals surface area contributed by atoms with E-state index in [0.29, 0.717) is 47.8 Å². The van der Waals surface area contributed by atoms with Gasteiger partial charge in [0.25, 0.3) is 0 Å². The summed E-state index contributed by atoms with van der Waals surface area (Å²) in [5, 5.41) is 0.627. The van der Waals surface area contributed by atoms with Crippen LogP contribution in [0, 0.1) is 11.7 Å². The third-order valence-corrected chi connectivity index (χ3v) is 8.00. The average molecular weight is 550 g/mol. The summed E-state index contributed by atoms with van der Waals surface area (Å²) in [7, 11) is 1.60. The second kappa shape index (κ2) is 11.4. The minimum atomic E-state index is -0.407. The van der Waals surface area contributed by atoms with Crippen molar-refractivity contribution in [1.29, 1.82) is 0 Å². The molecule has 3 aromatic rings. The molecule has 0 saturated heterocycles. The molecule has 1 heterocycles. The van der Waals surface area contributed by atoms with Crippen molar-refractivity contribution in [2.45, 2.75) is 64.1 Å². The van der Waals surface area contributed by atoms with E-state index in [4.69, 9.17) is 21.1 Å². The lowest BCUT2D eigenvalue weighted by Gasteiger charge is -2.45.